The van der Waals surface area contributed by atoms with Crippen LogP contribution in [0.2, 0.25) is 10.0 Å². The molecule has 2 N–H and O–H groups in total. The van der Waals surface area contributed by atoms with Crippen molar-refractivity contribution in [1.29, 1.82) is 0 Å². The van der Waals surface area contributed by atoms with E-state index in [9.17, 15) is 4.79 Å². The molecule has 1 aliphatic heterocycles. The first-order valence-corrected chi connectivity index (χ1v) is 8.32. The van der Waals surface area contributed by atoms with Crippen LogP contribution in [0.4, 0.5) is 0 Å². The van der Waals surface area contributed by atoms with Crippen LogP contribution in [-0.4, -0.2) is 29.9 Å². The van der Waals surface area contributed by atoms with Crippen molar-refractivity contribution in [2.45, 2.75) is 18.4 Å². The lowest BCUT2D eigenvalue weighted by atomic mass is 9.95. The molecule has 2 aromatic rings. The molecule has 0 radical (unpaired) electrons. The number of benzene rings is 2. The first kappa shape index (κ1) is 16.3. The number of rotatable bonds is 3. The Morgan fingerprint density at radius 2 is 1.83 bits per heavy atom. The van der Waals surface area contributed by atoms with Gasteiger partial charge in [-0.05, 0) is 23.3 Å². The Balaban J connectivity index is 1.68. The molecule has 5 heteroatoms. The van der Waals surface area contributed by atoms with Crippen molar-refractivity contribution in [2.75, 3.05) is 13.1 Å². The molecule has 3 nitrogen and oxygen atoms in total. The number of amides is 1. The van der Waals surface area contributed by atoms with E-state index in [0.717, 1.165) is 5.56 Å². The fraction of sp³-hybridized carbons (Fsp3) is 0.278. The van der Waals surface area contributed by atoms with Crippen molar-refractivity contribution in [3.05, 3.63) is 69.7 Å². The van der Waals surface area contributed by atoms with Gasteiger partial charge in [-0.3, -0.25) is 4.79 Å². The van der Waals surface area contributed by atoms with Gasteiger partial charge in [-0.15, -0.1) is 0 Å². The third-order valence-electron chi connectivity index (χ3n) is 4.28. The van der Waals surface area contributed by atoms with Crippen LogP contribution in [0.3, 0.4) is 0 Å². The molecule has 3 rings (SSSR count). The predicted molar refractivity (Wildman–Crippen MR) is 93.9 cm³/mol. The van der Waals surface area contributed by atoms with E-state index >= 15 is 0 Å². The number of nitrogens with two attached hydrogens (primary N) is 1. The molecule has 2 aromatic carbocycles. The molecule has 0 aliphatic carbocycles. The molecule has 1 fully saturated rings. The number of hydrogen-bond donors (Lipinski definition) is 1. The van der Waals surface area contributed by atoms with Crippen LogP contribution < -0.4 is 5.73 Å². The molecule has 120 valence electrons. The summed E-state index contributed by atoms with van der Waals surface area (Å²) in [6.45, 7) is 1.24. The van der Waals surface area contributed by atoms with Gasteiger partial charge in [0.25, 0.3) is 0 Å². The monoisotopic (exact) mass is 348 g/mol. The highest BCUT2D eigenvalue weighted by Gasteiger charge is 2.33. The average molecular weight is 349 g/mol. The maximum absolute atomic E-state index is 12.5. The lowest BCUT2D eigenvalue weighted by Crippen LogP contribution is -2.33. The van der Waals surface area contributed by atoms with Crippen LogP contribution in [0.5, 0.6) is 0 Å². The van der Waals surface area contributed by atoms with Crippen LogP contribution >= 0.6 is 23.2 Å². The highest BCUT2D eigenvalue weighted by molar-refractivity contribution is 6.42. The molecule has 2 atom stereocenters. The van der Waals surface area contributed by atoms with E-state index in [4.69, 9.17) is 28.9 Å². The van der Waals surface area contributed by atoms with Crippen molar-refractivity contribution in [3.8, 4) is 0 Å². The zero-order valence-corrected chi connectivity index (χ0v) is 14.1. The molecule has 1 amide bonds. The summed E-state index contributed by atoms with van der Waals surface area (Å²) in [5, 5.41) is 0.965. The summed E-state index contributed by atoms with van der Waals surface area (Å²) < 4.78 is 0. The van der Waals surface area contributed by atoms with Gasteiger partial charge >= 0.3 is 0 Å². The van der Waals surface area contributed by atoms with E-state index in [1.807, 2.05) is 29.2 Å². The quantitative estimate of drug-likeness (QED) is 0.922. The molecule has 1 aliphatic rings. The van der Waals surface area contributed by atoms with E-state index < -0.39 is 0 Å². The van der Waals surface area contributed by atoms with Gasteiger partial charge in [0, 0.05) is 25.0 Å². The zero-order valence-electron chi connectivity index (χ0n) is 12.6. The first-order chi connectivity index (χ1) is 11.0. The van der Waals surface area contributed by atoms with E-state index in [1.165, 1.54) is 5.56 Å². The summed E-state index contributed by atoms with van der Waals surface area (Å²) in [5.41, 5.74) is 8.29. The molecule has 1 saturated heterocycles. The second-order valence-corrected chi connectivity index (χ2v) is 6.72. The summed E-state index contributed by atoms with van der Waals surface area (Å²) in [6, 6.07) is 15.4. The number of hydrogen-bond acceptors (Lipinski definition) is 2. The van der Waals surface area contributed by atoms with Crippen molar-refractivity contribution in [3.63, 3.8) is 0 Å². The molecule has 23 heavy (non-hydrogen) atoms. The highest BCUT2D eigenvalue weighted by Crippen LogP contribution is 2.27. The Bertz CT molecular complexity index is 705. The summed E-state index contributed by atoms with van der Waals surface area (Å²) in [5.74, 6) is 0.256. The summed E-state index contributed by atoms with van der Waals surface area (Å²) in [4.78, 5) is 14.4. The summed E-state index contributed by atoms with van der Waals surface area (Å²) >= 11 is 11.9. The van der Waals surface area contributed by atoms with Gasteiger partial charge in [-0.25, -0.2) is 0 Å². The van der Waals surface area contributed by atoms with Crippen molar-refractivity contribution >= 4 is 29.1 Å². The topological polar surface area (TPSA) is 46.3 Å². The fourth-order valence-corrected chi connectivity index (χ4v) is 3.34. The Labute approximate surface area is 146 Å². The van der Waals surface area contributed by atoms with E-state index in [0.29, 0.717) is 29.6 Å². The molecule has 0 aromatic heterocycles. The van der Waals surface area contributed by atoms with Crippen LogP contribution in [0, 0.1) is 0 Å². The standard InChI is InChI=1S/C18H18Cl2N2O/c19-15-7-6-12(8-16(15)20)9-18(23)22-10-14(17(21)11-22)13-4-2-1-3-5-13/h1-8,14,17H,9-11,21H2/t14-,17+/m0/s1. The van der Waals surface area contributed by atoms with Gasteiger partial charge in [0.15, 0.2) is 0 Å². The van der Waals surface area contributed by atoms with Gasteiger partial charge in [-0.1, -0.05) is 59.6 Å². The first-order valence-electron chi connectivity index (χ1n) is 7.57. The SMILES string of the molecule is N[C@@H]1CN(C(=O)Cc2ccc(Cl)c(Cl)c2)C[C@H]1c1ccccc1. The van der Waals surface area contributed by atoms with E-state index in [1.54, 1.807) is 12.1 Å². The summed E-state index contributed by atoms with van der Waals surface area (Å²) in [6.07, 6.45) is 0.311. The van der Waals surface area contributed by atoms with Gasteiger partial charge in [0.2, 0.25) is 5.91 Å². The molecular formula is C18H18Cl2N2O. The lowest BCUT2D eigenvalue weighted by molar-refractivity contribution is -0.129. The van der Waals surface area contributed by atoms with Crippen molar-refractivity contribution in [1.82, 2.24) is 4.90 Å². The number of carbonyl (C=O) groups is 1. The largest absolute Gasteiger partial charge is 0.340 e. The van der Waals surface area contributed by atoms with Crippen LogP contribution in [0.15, 0.2) is 48.5 Å². The number of nitrogens with zero attached hydrogens (tertiary/aromatic N) is 1. The smallest absolute Gasteiger partial charge is 0.227 e. The third kappa shape index (κ3) is 3.69. The Morgan fingerprint density at radius 1 is 1.09 bits per heavy atom. The van der Waals surface area contributed by atoms with E-state index in [2.05, 4.69) is 12.1 Å². The third-order valence-corrected chi connectivity index (χ3v) is 5.02. The van der Waals surface area contributed by atoms with Crippen LogP contribution in [-0.2, 0) is 11.2 Å². The van der Waals surface area contributed by atoms with Gasteiger partial charge < -0.3 is 10.6 Å². The fourth-order valence-electron chi connectivity index (χ4n) is 3.02. The van der Waals surface area contributed by atoms with Crippen LogP contribution in [0.25, 0.3) is 0 Å². The maximum Gasteiger partial charge on any atom is 0.227 e. The van der Waals surface area contributed by atoms with Gasteiger partial charge in [0.05, 0.1) is 16.5 Å². The highest BCUT2D eigenvalue weighted by atomic mass is 35.5. The predicted octanol–water partition coefficient (Wildman–Crippen LogP) is 3.49. The number of carbonyl (C=O) groups excluding carboxylic acids is 1. The Hall–Kier alpha value is -1.55. The molecule has 0 saturated carbocycles. The molecular weight excluding hydrogens is 331 g/mol. The minimum atomic E-state index is -0.0323. The van der Waals surface area contributed by atoms with Crippen molar-refractivity contribution in [2.24, 2.45) is 5.73 Å². The number of halogens is 2. The Morgan fingerprint density at radius 3 is 2.52 bits per heavy atom. The zero-order chi connectivity index (χ0) is 16.4. The van der Waals surface area contributed by atoms with Gasteiger partial charge in [-0.2, -0.15) is 0 Å². The molecule has 1 heterocycles. The molecule has 0 unspecified atom stereocenters. The minimum Gasteiger partial charge on any atom is -0.340 e. The Kier molecular flexibility index (Phi) is 4.90. The molecule has 0 spiro atoms. The minimum absolute atomic E-state index is 0.0323. The second-order valence-electron chi connectivity index (χ2n) is 5.90. The normalized spacial score (nSPS) is 20.7. The van der Waals surface area contributed by atoms with Gasteiger partial charge in [0.1, 0.15) is 0 Å². The van der Waals surface area contributed by atoms with E-state index in [-0.39, 0.29) is 17.9 Å². The van der Waals surface area contributed by atoms with Crippen molar-refractivity contribution < 1.29 is 4.79 Å². The van der Waals surface area contributed by atoms with Crippen LogP contribution in [0.1, 0.15) is 17.0 Å². The second kappa shape index (κ2) is 6.91. The average Bonchev–Trinajstić information content (AvgIpc) is 2.94. The summed E-state index contributed by atoms with van der Waals surface area (Å²) in [7, 11) is 0. The maximum atomic E-state index is 12.5. The molecule has 0 bridgehead atoms. The number of likely N-dealkylation sites (tertiary alicyclic amines) is 1. The lowest BCUT2D eigenvalue weighted by Gasteiger charge is -2.16.